The van der Waals surface area contributed by atoms with Crippen molar-refractivity contribution >= 4 is 18.7 Å². The molecule has 1 aromatic rings. The molecule has 0 spiro atoms. The number of carbonyl (C=O) groups is 3. The van der Waals surface area contributed by atoms with Crippen molar-refractivity contribution in [2.45, 2.75) is 115 Å². The summed E-state index contributed by atoms with van der Waals surface area (Å²) in [6.07, 6.45) is 21.2. The number of aromatic nitrogens is 2. The van der Waals surface area contributed by atoms with Crippen molar-refractivity contribution in [2.75, 3.05) is 26.2 Å². The van der Waals surface area contributed by atoms with Gasteiger partial charge < -0.3 is 29.4 Å². The molecule has 0 aromatic carbocycles. The molecule has 10 heteroatoms. The van der Waals surface area contributed by atoms with Gasteiger partial charge in [0.1, 0.15) is 18.2 Å². The van der Waals surface area contributed by atoms with Gasteiger partial charge >= 0.3 is 6.09 Å². The maximum atomic E-state index is 13.4. The molecule has 2 fully saturated rings. The molecule has 1 amide bonds. The predicted molar refractivity (Wildman–Crippen MR) is 183 cm³/mol. The first-order chi connectivity index (χ1) is 22.6. The van der Waals surface area contributed by atoms with Gasteiger partial charge in [-0.25, -0.2) is 4.79 Å². The van der Waals surface area contributed by atoms with E-state index in [0.29, 0.717) is 25.4 Å². The lowest BCUT2D eigenvalue weighted by Crippen LogP contribution is -2.53. The predicted octanol–water partition coefficient (Wildman–Crippen LogP) is 5.42. The molecule has 0 bridgehead atoms. The van der Waals surface area contributed by atoms with Crippen molar-refractivity contribution in [1.82, 2.24) is 19.8 Å². The van der Waals surface area contributed by atoms with Gasteiger partial charge in [0.25, 0.3) is 0 Å². The fourth-order valence-corrected chi connectivity index (χ4v) is 6.45. The number of amides is 1. The molecule has 1 aliphatic carbocycles. The molecule has 47 heavy (non-hydrogen) atoms. The zero-order valence-electron chi connectivity index (χ0n) is 28.7. The summed E-state index contributed by atoms with van der Waals surface area (Å²) < 4.78 is 5.96. The zero-order valence-corrected chi connectivity index (χ0v) is 28.7. The van der Waals surface area contributed by atoms with Crippen LogP contribution in [0.3, 0.4) is 0 Å². The summed E-state index contributed by atoms with van der Waals surface area (Å²) in [5, 5.41) is 21.6. The van der Waals surface area contributed by atoms with Crippen LogP contribution < -0.4 is 0 Å². The number of ether oxygens (including phenoxy) is 1. The molecule has 1 aromatic heterocycles. The third kappa shape index (κ3) is 12.4. The van der Waals surface area contributed by atoms with Gasteiger partial charge in [-0.3, -0.25) is 14.9 Å². The third-order valence-corrected chi connectivity index (χ3v) is 9.74. The van der Waals surface area contributed by atoms with Crippen LogP contribution in [-0.2, 0) is 14.3 Å². The Kier molecular flexibility index (Phi) is 15.9. The number of nitrogens with zero attached hydrogens (tertiary/aromatic N) is 4. The minimum Gasteiger partial charge on any atom is -0.439 e. The standard InChI is InChI=1S/C37H56N4O6/c1-28(10-9-11-30(3)34-26-38-19-20-39-34)33(27-43)29(2)14-15-35(37(4,46)18-16-32(44)17-25-42)47-36(45)41-23-21-40(22-24-41)31-12-7-5-6-8-13-31/h9-11,14-15,19-20,25-27,29-33,35,44,46H,5-8,12-13,16-18,21-24H2,1-4H3/b11-9+,15-14+,28-10+/t29-,30?,32-,33+,35-,37-/m0/s1. The molecule has 2 heterocycles. The topological polar surface area (TPSA) is 133 Å². The zero-order chi connectivity index (χ0) is 34.2. The lowest BCUT2D eigenvalue weighted by atomic mass is 9.86. The molecule has 6 atom stereocenters. The Balaban J connectivity index is 1.68. The number of allylic oxidation sites excluding steroid dienone is 5. The summed E-state index contributed by atoms with van der Waals surface area (Å²) in [6.45, 7) is 10.1. The molecule has 1 unspecified atom stereocenters. The lowest BCUT2D eigenvalue weighted by molar-refractivity contribution is -0.111. The van der Waals surface area contributed by atoms with E-state index in [1.807, 2.05) is 39.0 Å². The third-order valence-electron chi connectivity index (χ3n) is 9.74. The molecule has 2 N–H and O–H groups in total. The van der Waals surface area contributed by atoms with Crippen LogP contribution in [0, 0.1) is 11.8 Å². The van der Waals surface area contributed by atoms with E-state index in [1.165, 1.54) is 38.5 Å². The maximum absolute atomic E-state index is 13.4. The first-order valence-corrected chi connectivity index (χ1v) is 17.3. The molecule has 1 saturated heterocycles. The number of aldehydes is 2. The van der Waals surface area contributed by atoms with E-state index in [1.54, 1.807) is 42.6 Å². The van der Waals surface area contributed by atoms with E-state index in [-0.39, 0.29) is 31.1 Å². The second kappa shape index (κ2) is 19.6. The smallest absolute Gasteiger partial charge is 0.410 e. The quantitative estimate of drug-likeness (QED) is 0.104. The number of piperazine rings is 1. The second-order valence-corrected chi connectivity index (χ2v) is 13.5. The molecule has 0 radical (unpaired) electrons. The Morgan fingerprint density at radius 2 is 1.77 bits per heavy atom. The van der Waals surface area contributed by atoms with E-state index < -0.39 is 29.8 Å². The summed E-state index contributed by atoms with van der Waals surface area (Å²) in [6, 6.07) is 0.576. The summed E-state index contributed by atoms with van der Waals surface area (Å²) in [5.41, 5.74) is 0.202. The van der Waals surface area contributed by atoms with Crippen LogP contribution in [0.4, 0.5) is 4.79 Å². The van der Waals surface area contributed by atoms with Gasteiger partial charge in [0.05, 0.1) is 11.8 Å². The van der Waals surface area contributed by atoms with Crippen LogP contribution >= 0.6 is 0 Å². The van der Waals surface area contributed by atoms with Crippen molar-refractivity contribution in [3.8, 4) is 0 Å². The molecule has 10 nitrogen and oxygen atoms in total. The Hall–Kier alpha value is -3.21. The molecule has 1 aliphatic heterocycles. The molecule has 260 valence electrons. The van der Waals surface area contributed by atoms with Crippen LogP contribution in [0.15, 0.2) is 54.5 Å². The van der Waals surface area contributed by atoms with Crippen molar-refractivity contribution in [3.05, 3.63) is 60.2 Å². The minimum absolute atomic E-state index is 0.0305. The normalized spacial score (nSPS) is 21.8. The maximum Gasteiger partial charge on any atom is 0.410 e. The highest BCUT2D eigenvalue weighted by Gasteiger charge is 2.36. The molecular formula is C37H56N4O6. The average Bonchev–Trinajstić information content (AvgIpc) is 3.36. The molecule has 1 saturated carbocycles. The molecule has 2 aliphatic rings. The molecular weight excluding hydrogens is 596 g/mol. The first-order valence-electron chi connectivity index (χ1n) is 17.3. The monoisotopic (exact) mass is 652 g/mol. The van der Waals surface area contributed by atoms with Gasteiger partial charge in [-0.15, -0.1) is 0 Å². The number of hydrogen-bond donors (Lipinski definition) is 2. The Labute approximate surface area is 281 Å². The fraction of sp³-hybridized carbons (Fsp3) is 0.649. The van der Waals surface area contributed by atoms with Crippen molar-refractivity contribution in [2.24, 2.45) is 11.8 Å². The van der Waals surface area contributed by atoms with Crippen molar-refractivity contribution < 1.29 is 29.3 Å². The van der Waals surface area contributed by atoms with E-state index >= 15 is 0 Å². The van der Waals surface area contributed by atoms with Gasteiger partial charge in [-0.2, -0.15) is 0 Å². The van der Waals surface area contributed by atoms with E-state index in [0.717, 1.165) is 30.6 Å². The Bertz CT molecular complexity index is 1190. The number of hydrogen-bond acceptors (Lipinski definition) is 9. The number of aliphatic hydroxyl groups is 2. The highest BCUT2D eigenvalue weighted by atomic mass is 16.6. The van der Waals surface area contributed by atoms with Gasteiger partial charge in [-0.1, -0.05) is 69.4 Å². The van der Waals surface area contributed by atoms with Gasteiger partial charge in [-0.05, 0) is 51.5 Å². The van der Waals surface area contributed by atoms with Crippen LogP contribution in [0.2, 0.25) is 0 Å². The summed E-state index contributed by atoms with van der Waals surface area (Å²) in [7, 11) is 0. The highest BCUT2D eigenvalue weighted by Crippen LogP contribution is 2.27. The number of rotatable bonds is 16. The van der Waals surface area contributed by atoms with Gasteiger partial charge in [0.15, 0.2) is 6.10 Å². The average molecular weight is 653 g/mol. The minimum atomic E-state index is -1.52. The molecule has 3 rings (SSSR count). The summed E-state index contributed by atoms with van der Waals surface area (Å²) in [5.74, 6) is -0.631. The van der Waals surface area contributed by atoms with Crippen molar-refractivity contribution in [3.63, 3.8) is 0 Å². The Morgan fingerprint density at radius 1 is 1.06 bits per heavy atom. The van der Waals surface area contributed by atoms with Gasteiger partial charge in [0, 0.05) is 69.1 Å². The summed E-state index contributed by atoms with van der Waals surface area (Å²) in [4.78, 5) is 49.1. The second-order valence-electron chi connectivity index (χ2n) is 13.5. The van der Waals surface area contributed by atoms with Crippen LogP contribution in [0.1, 0.15) is 97.1 Å². The van der Waals surface area contributed by atoms with Crippen molar-refractivity contribution in [1.29, 1.82) is 0 Å². The summed E-state index contributed by atoms with van der Waals surface area (Å²) >= 11 is 0. The van der Waals surface area contributed by atoms with E-state index in [4.69, 9.17) is 4.74 Å². The number of carbonyl (C=O) groups excluding carboxylic acids is 3. The van der Waals surface area contributed by atoms with Crippen LogP contribution in [0.25, 0.3) is 0 Å². The van der Waals surface area contributed by atoms with Crippen LogP contribution in [0.5, 0.6) is 0 Å². The lowest BCUT2D eigenvalue weighted by Gasteiger charge is -2.40. The highest BCUT2D eigenvalue weighted by molar-refractivity contribution is 5.68. The van der Waals surface area contributed by atoms with Gasteiger partial charge in [0.2, 0.25) is 0 Å². The first kappa shape index (κ1) is 38.2. The van der Waals surface area contributed by atoms with E-state index in [9.17, 15) is 24.6 Å². The Morgan fingerprint density at radius 3 is 2.38 bits per heavy atom. The fourth-order valence-electron chi connectivity index (χ4n) is 6.45. The van der Waals surface area contributed by atoms with Crippen LogP contribution in [-0.4, -0.2) is 98.7 Å². The SMILES string of the molecule is C/C(=C\C=C\C(C)c1cnccn1)[C@@H](C=O)[C@@H](C)/C=C/[C@H](OC(=O)N1CCN(C2CCCCCC2)CC1)[C@@](C)(O)CC[C@H](O)CC=O. The number of aliphatic hydroxyl groups excluding tert-OH is 1. The van der Waals surface area contributed by atoms with E-state index in [2.05, 4.69) is 14.9 Å². The largest absolute Gasteiger partial charge is 0.439 e.